The zero-order valence-electron chi connectivity index (χ0n) is 18.4. The standard InChI is InChI=1S/C26H26N2O5/c1-32-20-11-9-18(10-12-20)23-7-2-3-8-24(23)25(29)27-19-5-4-6-22(17-19)33-21-13-15-28(16-14-21)26(30)31/h2-12,17,21H,13-16H2,1H3,(H,27,29)(H,30,31). The molecule has 0 atom stereocenters. The fourth-order valence-corrected chi connectivity index (χ4v) is 3.91. The normalized spacial score (nSPS) is 13.9. The van der Waals surface area contributed by atoms with Crippen molar-refractivity contribution in [3.05, 3.63) is 78.4 Å². The molecule has 0 bridgehead atoms. The number of likely N-dealkylation sites (tertiary alicyclic amines) is 1. The van der Waals surface area contributed by atoms with Crippen LogP contribution < -0.4 is 14.8 Å². The summed E-state index contributed by atoms with van der Waals surface area (Å²) in [6.07, 6.45) is 0.325. The number of nitrogens with zero attached hydrogens (tertiary/aromatic N) is 1. The molecule has 0 aliphatic carbocycles. The number of methoxy groups -OCH3 is 1. The summed E-state index contributed by atoms with van der Waals surface area (Å²) in [4.78, 5) is 25.6. The smallest absolute Gasteiger partial charge is 0.407 e. The molecule has 3 aromatic rings. The number of carboxylic acid groups (broad SMARTS) is 1. The molecule has 7 heteroatoms. The van der Waals surface area contributed by atoms with Crippen LogP contribution in [0, 0.1) is 0 Å². The van der Waals surface area contributed by atoms with Crippen LogP contribution in [0.25, 0.3) is 11.1 Å². The molecule has 0 saturated carbocycles. The SMILES string of the molecule is COc1ccc(-c2ccccc2C(=O)Nc2cccc(OC3CCN(C(=O)O)CC3)c2)cc1. The van der Waals surface area contributed by atoms with Gasteiger partial charge in [-0.05, 0) is 41.5 Å². The first-order chi connectivity index (χ1) is 16.0. The minimum Gasteiger partial charge on any atom is -0.497 e. The molecular formula is C26H26N2O5. The van der Waals surface area contributed by atoms with Crippen LogP contribution in [0.2, 0.25) is 0 Å². The van der Waals surface area contributed by atoms with Crippen molar-refractivity contribution in [1.29, 1.82) is 0 Å². The van der Waals surface area contributed by atoms with E-state index < -0.39 is 6.09 Å². The fraction of sp³-hybridized carbons (Fsp3) is 0.231. The van der Waals surface area contributed by atoms with Gasteiger partial charge in [0, 0.05) is 43.2 Å². The van der Waals surface area contributed by atoms with Crippen molar-refractivity contribution in [2.75, 3.05) is 25.5 Å². The molecule has 0 unspecified atom stereocenters. The molecule has 2 N–H and O–H groups in total. The number of ether oxygens (including phenoxy) is 2. The van der Waals surface area contributed by atoms with Gasteiger partial charge in [-0.15, -0.1) is 0 Å². The van der Waals surface area contributed by atoms with E-state index in [0.717, 1.165) is 16.9 Å². The van der Waals surface area contributed by atoms with Crippen molar-refractivity contribution in [2.45, 2.75) is 18.9 Å². The summed E-state index contributed by atoms with van der Waals surface area (Å²) in [5.41, 5.74) is 2.95. The van der Waals surface area contributed by atoms with Crippen molar-refractivity contribution in [2.24, 2.45) is 0 Å². The van der Waals surface area contributed by atoms with Gasteiger partial charge in [0.1, 0.15) is 17.6 Å². The Kier molecular flexibility index (Phi) is 6.78. The summed E-state index contributed by atoms with van der Waals surface area (Å²) in [7, 11) is 1.62. The van der Waals surface area contributed by atoms with Gasteiger partial charge in [0.05, 0.1) is 7.11 Å². The van der Waals surface area contributed by atoms with Gasteiger partial charge in [0.25, 0.3) is 5.91 Å². The van der Waals surface area contributed by atoms with Crippen LogP contribution in [-0.2, 0) is 0 Å². The van der Waals surface area contributed by atoms with E-state index in [4.69, 9.17) is 14.6 Å². The lowest BCUT2D eigenvalue weighted by Gasteiger charge is -2.30. The van der Waals surface area contributed by atoms with E-state index in [1.165, 1.54) is 4.90 Å². The van der Waals surface area contributed by atoms with Crippen LogP contribution in [0.5, 0.6) is 11.5 Å². The quantitative estimate of drug-likeness (QED) is 0.548. The molecule has 170 valence electrons. The van der Waals surface area contributed by atoms with Gasteiger partial charge in [-0.3, -0.25) is 4.79 Å². The van der Waals surface area contributed by atoms with E-state index >= 15 is 0 Å². The van der Waals surface area contributed by atoms with Gasteiger partial charge in [0.2, 0.25) is 0 Å². The number of carbonyl (C=O) groups excluding carboxylic acids is 1. The van der Waals surface area contributed by atoms with Gasteiger partial charge in [-0.1, -0.05) is 36.4 Å². The van der Waals surface area contributed by atoms with Crippen molar-refractivity contribution in [3.8, 4) is 22.6 Å². The molecular weight excluding hydrogens is 420 g/mol. The number of hydrogen-bond donors (Lipinski definition) is 2. The third-order valence-electron chi connectivity index (χ3n) is 5.68. The lowest BCUT2D eigenvalue weighted by atomic mass is 9.99. The molecule has 0 spiro atoms. The summed E-state index contributed by atoms with van der Waals surface area (Å²) in [5.74, 6) is 1.18. The van der Waals surface area contributed by atoms with Gasteiger partial charge in [-0.2, -0.15) is 0 Å². The third kappa shape index (κ3) is 5.44. The van der Waals surface area contributed by atoms with Crippen LogP contribution in [0.3, 0.4) is 0 Å². The van der Waals surface area contributed by atoms with Crippen molar-refractivity contribution >= 4 is 17.7 Å². The summed E-state index contributed by atoms with van der Waals surface area (Å²) < 4.78 is 11.3. The molecule has 7 nitrogen and oxygen atoms in total. The van der Waals surface area contributed by atoms with E-state index in [1.54, 1.807) is 19.2 Å². The Morgan fingerprint density at radius 1 is 0.939 bits per heavy atom. The zero-order valence-corrected chi connectivity index (χ0v) is 18.4. The number of piperidine rings is 1. The zero-order chi connectivity index (χ0) is 23.2. The second-order valence-corrected chi connectivity index (χ2v) is 7.84. The predicted molar refractivity (Wildman–Crippen MR) is 126 cm³/mol. The van der Waals surface area contributed by atoms with E-state index in [1.807, 2.05) is 60.7 Å². The van der Waals surface area contributed by atoms with E-state index in [9.17, 15) is 9.59 Å². The van der Waals surface area contributed by atoms with Crippen LogP contribution >= 0.6 is 0 Å². The highest BCUT2D eigenvalue weighted by Gasteiger charge is 2.23. The molecule has 1 aliphatic rings. The number of amides is 2. The first-order valence-electron chi connectivity index (χ1n) is 10.8. The largest absolute Gasteiger partial charge is 0.497 e. The molecule has 0 radical (unpaired) electrons. The fourth-order valence-electron chi connectivity index (χ4n) is 3.91. The molecule has 33 heavy (non-hydrogen) atoms. The van der Waals surface area contributed by atoms with Crippen LogP contribution in [0.15, 0.2) is 72.8 Å². The highest BCUT2D eigenvalue weighted by atomic mass is 16.5. The van der Waals surface area contributed by atoms with Gasteiger partial charge >= 0.3 is 6.09 Å². The second-order valence-electron chi connectivity index (χ2n) is 7.84. The number of benzene rings is 3. The van der Waals surface area contributed by atoms with Gasteiger partial charge in [-0.25, -0.2) is 4.79 Å². The van der Waals surface area contributed by atoms with Gasteiger partial charge in [0.15, 0.2) is 0 Å². The Bertz CT molecular complexity index is 1120. The number of hydrogen-bond acceptors (Lipinski definition) is 4. The molecule has 1 fully saturated rings. The highest BCUT2D eigenvalue weighted by molar-refractivity contribution is 6.08. The summed E-state index contributed by atoms with van der Waals surface area (Å²) in [5, 5.41) is 12.0. The van der Waals surface area contributed by atoms with E-state index in [0.29, 0.717) is 42.9 Å². The molecule has 1 saturated heterocycles. The number of rotatable bonds is 6. The van der Waals surface area contributed by atoms with Gasteiger partial charge < -0.3 is 24.8 Å². The minimum atomic E-state index is -0.895. The Labute approximate surface area is 192 Å². The number of carbonyl (C=O) groups is 2. The maximum atomic E-state index is 13.1. The molecule has 0 aromatic heterocycles. The predicted octanol–water partition coefficient (Wildman–Crippen LogP) is 5.14. The molecule has 3 aromatic carbocycles. The Hall–Kier alpha value is -4.00. The maximum Gasteiger partial charge on any atom is 0.407 e. The Balaban J connectivity index is 1.45. The van der Waals surface area contributed by atoms with Crippen molar-refractivity contribution in [1.82, 2.24) is 4.90 Å². The third-order valence-corrected chi connectivity index (χ3v) is 5.68. The number of nitrogens with one attached hydrogen (secondary N) is 1. The van der Waals surface area contributed by atoms with Crippen LogP contribution in [-0.4, -0.2) is 48.3 Å². The maximum absolute atomic E-state index is 13.1. The molecule has 1 aliphatic heterocycles. The summed E-state index contributed by atoms with van der Waals surface area (Å²) in [6, 6.07) is 22.3. The summed E-state index contributed by atoms with van der Waals surface area (Å²) in [6.45, 7) is 0.914. The lowest BCUT2D eigenvalue weighted by Crippen LogP contribution is -2.41. The second kappa shape index (κ2) is 10.1. The minimum absolute atomic E-state index is 0.0534. The first kappa shape index (κ1) is 22.2. The topological polar surface area (TPSA) is 88.1 Å². The highest BCUT2D eigenvalue weighted by Crippen LogP contribution is 2.27. The molecule has 4 rings (SSSR count). The number of anilines is 1. The monoisotopic (exact) mass is 446 g/mol. The Morgan fingerprint density at radius 3 is 2.36 bits per heavy atom. The Morgan fingerprint density at radius 2 is 1.67 bits per heavy atom. The molecule has 1 heterocycles. The van der Waals surface area contributed by atoms with Crippen molar-refractivity contribution < 1.29 is 24.2 Å². The van der Waals surface area contributed by atoms with Crippen LogP contribution in [0.4, 0.5) is 10.5 Å². The summed E-state index contributed by atoms with van der Waals surface area (Å²) >= 11 is 0. The lowest BCUT2D eigenvalue weighted by molar-refractivity contribution is 0.0895. The average Bonchev–Trinajstić information content (AvgIpc) is 2.84. The molecule has 2 amide bonds. The van der Waals surface area contributed by atoms with Crippen molar-refractivity contribution in [3.63, 3.8) is 0 Å². The van der Waals surface area contributed by atoms with Crippen LogP contribution in [0.1, 0.15) is 23.2 Å². The average molecular weight is 447 g/mol. The van der Waals surface area contributed by atoms with E-state index in [2.05, 4.69) is 5.32 Å². The first-order valence-corrected chi connectivity index (χ1v) is 10.8. The van der Waals surface area contributed by atoms with E-state index in [-0.39, 0.29) is 12.0 Å².